The number of anilines is 2. The molecule has 34 heavy (non-hydrogen) atoms. The third-order valence-corrected chi connectivity index (χ3v) is 4.49. The first-order chi connectivity index (χ1) is 16.4. The van der Waals surface area contributed by atoms with Crippen molar-refractivity contribution in [2.24, 2.45) is 0 Å². The van der Waals surface area contributed by atoms with Crippen molar-refractivity contribution in [1.29, 1.82) is 0 Å². The van der Waals surface area contributed by atoms with Crippen LogP contribution in [0, 0.1) is 0 Å². The SMILES string of the molecule is COc1cc(C(=O)NCC(=O)Nc2cccc(NC(=O)c3ccccc3)c2)ccc1OC(F)F. The molecule has 0 saturated heterocycles. The van der Waals surface area contributed by atoms with Crippen LogP contribution in [0.5, 0.6) is 11.5 Å². The van der Waals surface area contributed by atoms with Crippen molar-refractivity contribution in [2.75, 3.05) is 24.3 Å². The fourth-order valence-electron chi connectivity index (χ4n) is 2.94. The molecule has 3 amide bonds. The van der Waals surface area contributed by atoms with Crippen molar-refractivity contribution in [3.8, 4) is 11.5 Å². The van der Waals surface area contributed by atoms with E-state index in [4.69, 9.17) is 4.74 Å². The van der Waals surface area contributed by atoms with Crippen LogP contribution in [0.25, 0.3) is 0 Å². The maximum Gasteiger partial charge on any atom is 0.387 e. The Labute approximate surface area is 193 Å². The lowest BCUT2D eigenvalue weighted by Crippen LogP contribution is -2.32. The average Bonchev–Trinajstić information content (AvgIpc) is 2.83. The number of ether oxygens (including phenoxy) is 2. The number of hydrogen-bond donors (Lipinski definition) is 3. The second-order valence-electron chi connectivity index (χ2n) is 6.88. The van der Waals surface area contributed by atoms with Crippen LogP contribution in [-0.2, 0) is 4.79 Å². The summed E-state index contributed by atoms with van der Waals surface area (Å²) in [6.07, 6.45) is 0. The summed E-state index contributed by atoms with van der Waals surface area (Å²) in [5.74, 6) is -1.68. The fraction of sp³-hybridized carbons (Fsp3) is 0.125. The maximum atomic E-state index is 12.4. The number of carbonyl (C=O) groups excluding carboxylic acids is 3. The zero-order valence-electron chi connectivity index (χ0n) is 18.0. The molecule has 0 aliphatic heterocycles. The largest absolute Gasteiger partial charge is 0.493 e. The molecule has 0 aliphatic rings. The number of halogens is 2. The zero-order valence-corrected chi connectivity index (χ0v) is 18.0. The van der Waals surface area contributed by atoms with E-state index in [0.717, 1.165) is 0 Å². The van der Waals surface area contributed by atoms with Crippen LogP contribution < -0.4 is 25.4 Å². The van der Waals surface area contributed by atoms with E-state index < -0.39 is 18.4 Å². The predicted octanol–water partition coefficient (Wildman–Crippen LogP) is 3.92. The third kappa shape index (κ3) is 6.76. The van der Waals surface area contributed by atoms with Gasteiger partial charge in [0, 0.05) is 22.5 Å². The number of carbonyl (C=O) groups is 3. The van der Waals surface area contributed by atoms with Crippen molar-refractivity contribution in [3.05, 3.63) is 83.9 Å². The molecule has 0 saturated carbocycles. The summed E-state index contributed by atoms with van der Waals surface area (Å²) in [6.45, 7) is -3.39. The van der Waals surface area contributed by atoms with Gasteiger partial charge < -0.3 is 25.4 Å². The summed E-state index contributed by atoms with van der Waals surface area (Å²) in [6, 6.07) is 18.9. The van der Waals surface area contributed by atoms with Gasteiger partial charge in [0.25, 0.3) is 11.8 Å². The minimum absolute atomic E-state index is 0.0493. The summed E-state index contributed by atoms with van der Waals surface area (Å²) in [4.78, 5) is 36.9. The van der Waals surface area contributed by atoms with E-state index in [0.29, 0.717) is 16.9 Å². The molecule has 0 unspecified atom stereocenters. The lowest BCUT2D eigenvalue weighted by Gasteiger charge is -2.12. The van der Waals surface area contributed by atoms with Gasteiger partial charge in [-0.3, -0.25) is 14.4 Å². The van der Waals surface area contributed by atoms with Crippen LogP contribution in [0.3, 0.4) is 0 Å². The lowest BCUT2D eigenvalue weighted by molar-refractivity contribution is -0.115. The van der Waals surface area contributed by atoms with Crippen molar-refractivity contribution in [1.82, 2.24) is 5.32 Å². The highest BCUT2D eigenvalue weighted by Crippen LogP contribution is 2.29. The Morgan fingerprint density at radius 1 is 0.794 bits per heavy atom. The first kappa shape index (κ1) is 24.2. The number of methoxy groups -OCH3 is 1. The van der Waals surface area contributed by atoms with E-state index in [-0.39, 0.29) is 29.5 Å². The Morgan fingerprint density at radius 3 is 2.18 bits per heavy atom. The topological polar surface area (TPSA) is 106 Å². The molecule has 3 aromatic rings. The first-order valence-corrected chi connectivity index (χ1v) is 10.0. The van der Waals surface area contributed by atoms with E-state index in [1.165, 1.54) is 25.3 Å². The molecule has 3 N–H and O–H groups in total. The molecule has 176 valence electrons. The first-order valence-electron chi connectivity index (χ1n) is 10.0. The second-order valence-corrected chi connectivity index (χ2v) is 6.88. The van der Waals surface area contributed by atoms with Crippen LogP contribution in [0.1, 0.15) is 20.7 Å². The molecule has 10 heteroatoms. The van der Waals surface area contributed by atoms with Crippen LogP contribution in [0.2, 0.25) is 0 Å². The minimum Gasteiger partial charge on any atom is -0.493 e. The molecule has 0 fully saturated rings. The van der Waals surface area contributed by atoms with Gasteiger partial charge in [0.2, 0.25) is 5.91 Å². The third-order valence-electron chi connectivity index (χ3n) is 4.49. The Kier molecular flexibility index (Phi) is 8.11. The fourth-order valence-corrected chi connectivity index (χ4v) is 2.94. The number of amides is 3. The lowest BCUT2D eigenvalue weighted by atomic mass is 10.2. The van der Waals surface area contributed by atoms with E-state index in [2.05, 4.69) is 20.7 Å². The van der Waals surface area contributed by atoms with Gasteiger partial charge in [-0.2, -0.15) is 8.78 Å². The zero-order chi connectivity index (χ0) is 24.5. The normalized spacial score (nSPS) is 10.4. The van der Waals surface area contributed by atoms with Gasteiger partial charge in [0.05, 0.1) is 13.7 Å². The molecule has 3 aromatic carbocycles. The number of benzene rings is 3. The van der Waals surface area contributed by atoms with Gasteiger partial charge in [0.15, 0.2) is 11.5 Å². The summed E-state index contributed by atoms with van der Waals surface area (Å²) in [5, 5.41) is 7.80. The number of rotatable bonds is 9. The average molecular weight is 469 g/mol. The van der Waals surface area contributed by atoms with Crippen LogP contribution in [0.15, 0.2) is 72.8 Å². The number of nitrogens with one attached hydrogen (secondary N) is 3. The van der Waals surface area contributed by atoms with Crippen LogP contribution in [-0.4, -0.2) is 38.0 Å². The molecule has 0 aromatic heterocycles. The molecule has 0 heterocycles. The highest BCUT2D eigenvalue weighted by atomic mass is 19.3. The Balaban J connectivity index is 1.55. The van der Waals surface area contributed by atoms with Crippen LogP contribution >= 0.6 is 0 Å². The van der Waals surface area contributed by atoms with E-state index >= 15 is 0 Å². The van der Waals surface area contributed by atoms with Crippen molar-refractivity contribution in [2.45, 2.75) is 6.61 Å². The van der Waals surface area contributed by atoms with Crippen molar-refractivity contribution >= 4 is 29.1 Å². The summed E-state index contributed by atoms with van der Waals surface area (Å²) in [5.41, 5.74) is 1.48. The molecule has 3 rings (SSSR count). The summed E-state index contributed by atoms with van der Waals surface area (Å²) < 4.78 is 34.1. The Hall–Kier alpha value is -4.47. The van der Waals surface area contributed by atoms with Crippen molar-refractivity contribution in [3.63, 3.8) is 0 Å². The molecule has 0 bridgehead atoms. The van der Waals surface area contributed by atoms with Gasteiger partial charge >= 0.3 is 6.61 Å². The van der Waals surface area contributed by atoms with E-state index in [1.807, 2.05) is 0 Å². The van der Waals surface area contributed by atoms with E-state index in [9.17, 15) is 23.2 Å². The van der Waals surface area contributed by atoms with Gasteiger partial charge in [-0.05, 0) is 48.5 Å². The predicted molar refractivity (Wildman–Crippen MR) is 121 cm³/mol. The Bertz CT molecular complexity index is 1170. The molecule has 0 spiro atoms. The van der Waals surface area contributed by atoms with Crippen molar-refractivity contribution < 1.29 is 32.6 Å². The van der Waals surface area contributed by atoms with Gasteiger partial charge in [0.1, 0.15) is 0 Å². The highest BCUT2D eigenvalue weighted by Gasteiger charge is 2.15. The van der Waals surface area contributed by atoms with E-state index in [1.54, 1.807) is 54.6 Å². The second kappa shape index (κ2) is 11.4. The minimum atomic E-state index is -3.04. The van der Waals surface area contributed by atoms with Crippen LogP contribution in [0.4, 0.5) is 20.2 Å². The smallest absolute Gasteiger partial charge is 0.387 e. The quantitative estimate of drug-likeness (QED) is 0.441. The molecule has 0 atom stereocenters. The molecule has 8 nitrogen and oxygen atoms in total. The monoisotopic (exact) mass is 469 g/mol. The molecule has 0 aliphatic carbocycles. The number of hydrogen-bond acceptors (Lipinski definition) is 5. The number of alkyl halides is 2. The summed E-state index contributed by atoms with van der Waals surface area (Å²) >= 11 is 0. The highest BCUT2D eigenvalue weighted by molar-refractivity contribution is 6.05. The maximum absolute atomic E-state index is 12.4. The van der Waals surface area contributed by atoms with Gasteiger partial charge in [-0.1, -0.05) is 24.3 Å². The molecular formula is C24H21F2N3O5. The summed E-state index contributed by atoms with van der Waals surface area (Å²) in [7, 11) is 1.25. The standard InChI is InChI=1S/C24H21F2N3O5/c1-33-20-12-16(10-11-19(20)34-24(25)26)22(31)27-14-21(30)28-17-8-5-9-18(13-17)29-23(32)15-6-3-2-4-7-15/h2-13,24H,14H2,1H3,(H,27,31)(H,28,30)(H,29,32). The molecular weight excluding hydrogens is 448 g/mol. The van der Waals surface area contributed by atoms with Gasteiger partial charge in [-0.25, -0.2) is 0 Å². The van der Waals surface area contributed by atoms with Gasteiger partial charge in [-0.15, -0.1) is 0 Å². The Morgan fingerprint density at radius 2 is 1.50 bits per heavy atom. The molecule has 0 radical (unpaired) electrons.